The van der Waals surface area contributed by atoms with Crippen LogP contribution in [0.1, 0.15) is 0 Å². The molecule has 0 aliphatic carbocycles. The molecule has 1 aromatic carbocycles. The number of rotatable bonds is 2. The highest BCUT2D eigenvalue weighted by atomic mass is 127. The van der Waals surface area contributed by atoms with Crippen LogP contribution in [-0.2, 0) is 4.79 Å². The maximum absolute atomic E-state index is 10.3. The van der Waals surface area contributed by atoms with Gasteiger partial charge in [0.1, 0.15) is 0 Å². The first-order valence-electron chi connectivity index (χ1n) is 5.91. The second-order valence-corrected chi connectivity index (χ2v) is 5.51. The first-order chi connectivity index (χ1) is 8.58. The summed E-state index contributed by atoms with van der Waals surface area (Å²) < 4.78 is 1.29. The van der Waals surface area contributed by atoms with E-state index in [4.69, 9.17) is 5.11 Å². The predicted octanol–water partition coefficient (Wildman–Crippen LogP) is 1.61. The molecule has 0 aromatic heterocycles. The van der Waals surface area contributed by atoms with Crippen LogP contribution in [-0.4, -0.2) is 60.6 Å². The Hall–Kier alpha value is -0.660. The number of carboxylic acid groups (broad SMARTS) is 1. The van der Waals surface area contributed by atoms with Crippen molar-refractivity contribution in [3.8, 4) is 0 Å². The van der Waals surface area contributed by atoms with Gasteiger partial charge in [-0.1, -0.05) is 18.2 Å². The van der Waals surface area contributed by atoms with Crippen LogP contribution in [0.4, 0.5) is 0 Å². The van der Waals surface area contributed by atoms with E-state index in [2.05, 4.69) is 46.7 Å². The van der Waals surface area contributed by atoms with Gasteiger partial charge >= 0.3 is 5.97 Å². The Morgan fingerprint density at radius 1 is 1.22 bits per heavy atom. The number of carbonyl (C=O) groups is 1. The molecule has 1 heterocycles. The molecule has 2 rings (SSSR count). The number of hydrogen-bond donors (Lipinski definition) is 1. The highest BCUT2D eigenvalue weighted by molar-refractivity contribution is 14.1. The number of benzene rings is 1. The number of hydrogen-bond acceptors (Lipinski definition) is 3. The number of piperazine rings is 1. The zero-order valence-corrected chi connectivity index (χ0v) is 12.7. The van der Waals surface area contributed by atoms with Crippen molar-refractivity contribution in [3.05, 3.63) is 33.9 Å². The van der Waals surface area contributed by atoms with Gasteiger partial charge in [-0.15, -0.1) is 0 Å². The number of likely N-dealkylation sites (N-methyl/N-ethyl adjacent to an activating group) is 1. The Labute approximate surface area is 122 Å². The number of aliphatic carboxylic acids is 1. The van der Waals surface area contributed by atoms with Crippen molar-refractivity contribution >= 4 is 28.6 Å². The molecule has 1 N–H and O–H groups in total. The van der Waals surface area contributed by atoms with E-state index in [-0.39, 0.29) is 6.54 Å². The van der Waals surface area contributed by atoms with Gasteiger partial charge in [-0.3, -0.25) is 9.69 Å². The molecule has 0 atom stereocenters. The molecule has 0 unspecified atom stereocenters. The Kier molecular flexibility index (Phi) is 7.22. The standard InChI is InChI=1S/C7H14N2O2.C6H5I/c1-8-2-4-9(5-3-8)6-7(10)11;7-6-4-2-1-3-5-6/h2-6H2,1H3,(H,10,11);1-5H. The van der Waals surface area contributed by atoms with Crippen LogP contribution in [0, 0.1) is 3.57 Å². The molecule has 100 valence electrons. The van der Waals surface area contributed by atoms with E-state index < -0.39 is 5.97 Å². The summed E-state index contributed by atoms with van der Waals surface area (Å²) in [7, 11) is 2.05. The van der Waals surface area contributed by atoms with Crippen molar-refractivity contribution in [1.29, 1.82) is 0 Å². The Balaban J connectivity index is 0.000000199. The number of carboxylic acids is 1. The summed E-state index contributed by atoms with van der Waals surface area (Å²) in [6.45, 7) is 3.90. The minimum absolute atomic E-state index is 0.188. The third kappa shape index (κ3) is 6.93. The molecule has 1 saturated heterocycles. The Morgan fingerprint density at radius 2 is 1.78 bits per heavy atom. The van der Waals surface area contributed by atoms with E-state index in [0.717, 1.165) is 26.2 Å². The van der Waals surface area contributed by atoms with Gasteiger partial charge in [-0.2, -0.15) is 0 Å². The lowest BCUT2D eigenvalue weighted by Gasteiger charge is -2.30. The topological polar surface area (TPSA) is 43.8 Å². The first kappa shape index (κ1) is 15.4. The smallest absolute Gasteiger partial charge is 0.317 e. The maximum Gasteiger partial charge on any atom is 0.317 e. The SMILES string of the molecule is CN1CCN(CC(=O)O)CC1.Ic1ccccc1. The van der Waals surface area contributed by atoms with E-state index in [1.165, 1.54) is 3.57 Å². The molecule has 18 heavy (non-hydrogen) atoms. The van der Waals surface area contributed by atoms with Gasteiger partial charge in [0.15, 0.2) is 0 Å². The lowest BCUT2D eigenvalue weighted by Crippen LogP contribution is -2.46. The largest absolute Gasteiger partial charge is 0.480 e. The van der Waals surface area contributed by atoms with Crippen molar-refractivity contribution in [2.45, 2.75) is 0 Å². The van der Waals surface area contributed by atoms with Crippen molar-refractivity contribution in [1.82, 2.24) is 9.80 Å². The molecule has 5 heteroatoms. The minimum atomic E-state index is -0.727. The van der Waals surface area contributed by atoms with Crippen LogP contribution in [0.5, 0.6) is 0 Å². The van der Waals surface area contributed by atoms with Crippen LogP contribution in [0.25, 0.3) is 0 Å². The quantitative estimate of drug-likeness (QED) is 0.812. The van der Waals surface area contributed by atoms with Crippen LogP contribution in [0.3, 0.4) is 0 Å². The first-order valence-corrected chi connectivity index (χ1v) is 6.99. The summed E-state index contributed by atoms with van der Waals surface area (Å²) in [6.07, 6.45) is 0. The monoisotopic (exact) mass is 362 g/mol. The van der Waals surface area contributed by atoms with Crippen LogP contribution in [0.15, 0.2) is 30.3 Å². The molecule has 0 spiro atoms. The van der Waals surface area contributed by atoms with Crippen LogP contribution in [0.2, 0.25) is 0 Å². The van der Waals surface area contributed by atoms with Gasteiger partial charge in [0.2, 0.25) is 0 Å². The molecule has 1 aromatic rings. The third-order valence-corrected chi connectivity index (χ3v) is 3.41. The normalized spacial score (nSPS) is 16.8. The summed E-state index contributed by atoms with van der Waals surface area (Å²) >= 11 is 2.28. The van der Waals surface area contributed by atoms with E-state index in [1.807, 2.05) is 23.1 Å². The van der Waals surface area contributed by atoms with Crippen molar-refractivity contribution in [2.24, 2.45) is 0 Å². The molecule has 0 saturated carbocycles. The maximum atomic E-state index is 10.3. The molecule has 4 nitrogen and oxygen atoms in total. The highest BCUT2D eigenvalue weighted by Gasteiger charge is 2.15. The zero-order valence-electron chi connectivity index (χ0n) is 10.6. The van der Waals surface area contributed by atoms with Gasteiger partial charge in [-0.25, -0.2) is 0 Å². The third-order valence-electron chi connectivity index (χ3n) is 2.69. The zero-order chi connectivity index (χ0) is 13.4. The van der Waals surface area contributed by atoms with Crippen molar-refractivity contribution in [2.75, 3.05) is 39.8 Å². The van der Waals surface area contributed by atoms with E-state index in [0.29, 0.717) is 0 Å². The Morgan fingerprint density at radius 3 is 2.17 bits per heavy atom. The minimum Gasteiger partial charge on any atom is -0.480 e. The predicted molar refractivity (Wildman–Crippen MR) is 80.7 cm³/mol. The van der Waals surface area contributed by atoms with Gasteiger partial charge in [0, 0.05) is 29.7 Å². The van der Waals surface area contributed by atoms with Gasteiger partial charge in [-0.05, 0) is 41.8 Å². The fourth-order valence-corrected chi connectivity index (χ4v) is 2.03. The van der Waals surface area contributed by atoms with Crippen LogP contribution < -0.4 is 0 Å². The molecule has 0 bridgehead atoms. The molecule has 0 radical (unpaired) electrons. The van der Waals surface area contributed by atoms with Gasteiger partial charge in [0.25, 0.3) is 0 Å². The van der Waals surface area contributed by atoms with Crippen LogP contribution >= 0.6 is 22.6 Å². The van der Waals surface area contributed by atoms with Crippen molar-refractivity contribution in [3.63, 3.8) is 0 Å². The lowest BCUT2D eigenvalue weighted by molar-refractivity contribution is -0.138. The summed E-state index contributed by atoms with van der Waals surface area (Å²) in [4.78, 5) is 14.5. The average molecular weight is 362 g/mol. The number of nitrogens with zero attached hydrogens (tertiary/aromatic N) is 2. The van der Waals surface area contributed by atoms with E-state index in [1.54, 1.807) is 0 Å². The number of halogens is 1. The summed E-state index contributed by atoms with van der Waals surface area (Å²) in [5.41, 5.74) is 0. The second kappa shape index (κ2) is 8.44. The van der Waals surface area contributed by atoms with Gasteiger partial charge < -0.3 is 10.0 Å². The summed E-state index contributed by atoms with van der Waals surface area (Å²) in [6, 6.07) is 10.2. The van der Waals surface area contributed by atoms with Gasteiger partial charge in [0.05, 0.1) is 6.54 Å². The molecule has 1 fully saturated rings. The summed E-state index contributed by atoms with van der Waals surface area (Å²) in [5.74, 6) is -0.727. The fourth-order valence-electron chi connectivity index (χ4n) is 1.61. The highest BCUT2D eigenvalue weighted by Crippen LogP contribution is 2.00. The second-order valence-electron chi connectivity index (χ2n) is 4.27. The van der Waals surface area contributed by atoms with Crippen molar-refractivity contribution < 1.29 is 9.90 Å². The molecule has 1 aliphatic rings. The molecule has 1 aliphatic heterocycles. The molecular weight excluding hydrogens is 343 g/mol. The average Bonchev–Trinajstić information content (AvgIpc) is 2.33. The fraction of sp³-hybridized carbons (Fsp3) is 0.462. The molecule has 0 amide bonds. The summed E-state index contributed by atoms with van der Waals surface area (Å²) in [5, 5.41) is 8.48. The van der Waals surface area contributed by atoms with E-state index in [9.17, 15) is 4.79 Å². The Bertz CT molecular complexity index is 351. The van der Waals surface area contributed by atoms with E-state index >= 15 is 0 Å². The molecular formula is C13H19IN2O2. The lowest BCUT2D eigenvalue weighted by atomic mass is 10.3.